The van der Waals surface area contributed by atoms with Crippen LogP contribution < -0.4 is 14.8 Å². The molecular weight excluding hydrogens is 436 g/mol. The van der Waals surface area contributed by atoms with Gasteiger partial charge in [0.05, 0.1) is 19.3 Å². The average molecular weight is 467 g/mol. The molecule has 3 rings (SSSR count). The highest BCUT2D eigenvalue weighted by atomic mass is 32.2. The summed E-state index contributed by atoms with van der Waals surface area (Å²) < 4.78 is 38.4. The maximum atomic E-state index is 12.8. The van der Waals surface area contributed by atoms with Crippen molar-refractivity contribution in [2.75, 3.05) is 26.3 Å². The van der Waals surface area contributed by atoms with E-state index in [4.69, 9.17) is 9.47 Å². The van der Waals surface area contributed by atoms with Gasteiger partial charge in [0.1, 0.15) is 4.21 Å². The van der Waals surface area contributed by atoms with Crippen molar-refractivity contribution in [3.8, 4) is 11.5 Å². The predicted molar refractivity (Wildman–Crippen MR) is 121 cm³/mol. The summed E-state index contributed by atoms with van der Waals surface area (Å²) in [5.74, 6) is 1.10. The lowest BCUT2D eigenvalue weighted by Crippen LogP contribution is -2.43. The van der Waals surface area contributed by atoms with Crippen molar-refractivity contribution in [3.05, 3.63) is 41.3 Å². The second-order valence-electron chi connectivity index (χ2n) is 7.41. The number of hydrogen-bond acceptors (Lipinski definition) is 6. The Bertz CT molecular complexity index is 968. The first-order chi connectivity index (χ1) is 14.9. The van der Waals surface area contributed by atoms with Crippen LogP contribution in [0.15, 0.2) is 39.9 Å². The first-order valence-electron chi connectivity index (χ1n) is 10.6. The largest absolute Gasteiger partial charge is 0.490 e. The third kappa shape index (κ3) is 5.58. The number of carbonyl (C=O) groups is 1. The van der Waals surface area contributed by atoms with Crippen LogP contribution in [0.3, 0.4) is 0 Å². The Labute approximate surface area is 188 Å². The molecule has 1 atom stereocenters. The zero-order valence-electron chi connectivity index (χ0n) is 18.2. The van der Waals surface area contributed by atoms with E-state index in [1.165, 1.54) is 15.6 Å². The minimum absolute atomic E-state index is 0.0486. The van der Waals surface area contributed by atoms with Gasteiger partial charge in [0.2, 0.25) is 5.91 Å². The van der Waals surface area contributed by atoms with E-state index in [1.54, 1.807) is 17.5 Å². The fraction of sp³-hybridized carbons (Fsp3) is 0.500. The number of benzene rings is 1. The molecule has 1 aromatic heterocycles. The van der Waals surface area contributed by atoms with E-state index >= 15 is 0 Å². The number of carbonyl (C=O) groups excluding carboxylic acids is 1. The lowest BCUT2D eigenvalue weighted by atomic mass is 9.96. The average Bonchev–Trinajstić information content (AvgIpc) is 3.31. The molecule has 1 N–H and O–H groups in total. The maximum Gasteiger partial charge on any atom is 0.252 e. The fourth-order valence-corrected chi connectivity index (χ4v) is 6.26. The van der Waals surface area contributed by atoms with Crippen LogP contribution in [-0.4, -0.2) is 44.9 Å². The molecule has 1 amide bonds. The number of hydrogen-bond donors (Lipinski definition) is 1. The van der Waals surface area contributed by atoms with Crippen molar-refractivity contribution >= 4 is 27.3 Å². The van der Waals surface area contributed by atoms with Gasteiger partial charge in [-0.25, -0.2) is 8.42 Å². The Morgan fingerprint density at radius 2 is 1.84 bits per heavy atom. The third-order valence-electron chi connectivity index (χ3n) is 5.34. The zero-order valence-corrected chi connectivity index (χ0v) is 19.8. The predicted octanol–water partition coefficient (Wildman–Crippen LogP) is 3.82. The highest BCUT2D eigenvalue weighted by Crippen LogP contribution is 2.31. The normalized spacial score (nSPS) is 16.6. The first kappa shape index (κ1) is 23.6. The molecule has 7 nitrogen and oxygen atoms in total. The molecule has 2 aromatic rings. The Balaban J connectivity index is 1.59. The molecular formula is C22H30N2O5S2. The van der Waals surface area contributed by atoms with Gasteiger partial charge in [-0.05, 0) is 62.8 Å². The van der Waals surface area contributed by atoms with Gasteiger partial charge in [-0.1, -0.05) is 12.1 Å². The van der Waals surface area contributed by atoms with Crippen molar-refractivity contribution in [3.63, 3.8) is 0 Å². The Morgan fingerprint density at radius 1 is 1.16 bits per heavy atom. The van der Waals surface area contributed by atoms with Crippen LogP contribution in [-0.2, 0) is 14.8 Å². The number of sulfonamides is 1. The zero-order chi connectivity index (χ0) is 22.4. The van der Waals surface area contributed by atoms with Crippen molar-refractivity contribution in [2.24, 2.45) is 5.92 Å². The van der Waals surface area contributed by atoms with E-state index in [2.05, 4.69) is 5.32 Å². The molecule has 2 heterocycles. The van der Waals surface area contributed by atoms with Crippen LogP contribution in [0.2, 0.25) is 0 Å². The minimum atomic E-state index is -3.46. The van der Waals surface area contributed by atoms with E-state index in [0.717, 1.165) is 5.56 Å². The second-order valence-corrected chi connectivity index (χ2v) is 10.5. The van der Waals surface area contributed by atoms with Gasteiger partial charge in [-0.3, -0.25) is 4.79 Å². The number of thiophene rings is 1. The van der Waals surface area contributed by atoms with Crippen LogP contribution in [0.4, 0.5) is 0 Å². The maximum absolute atomic E-state index is 12.8. The molecule has 0 radical (unpaired) electrons. The van der Waals surface area contributed by atoms with Crippen LogP contribution in [0.5, 0.6) is 11.5 Å². The highest BCUT2D eigenvalue weighted by molar-refractivity contribution is 7.91. The van der Waals surface area contributed by atoms with Crippen LogP contribution >= 0.6 is 11.3 Å². The number of amides is 1. The van der Waals surface area contributed by atoms with Crippen molar-refractivity contribution in [1.29, 1.82) is 0 Å². The molecule has 0 spiro atoms. The molecule has 1 saturated heterocycles. The minimum Gasteiger partial charge on any atom is -0.490 e. The summed E-state index contributed by atoms with van der Waals surface area (Å²) in [5.41, 5.74) is 0.929. The standard InChI is InChI=1S/C22H30N2O5S2/c1-4-28-19-9-8-18(15-20(19)29-5-2)16(3)23-22(25)17-10-12-24(13-11-17)31(26,27)21-7-6-14-30-21/h6-9,14-17H,4-5,10-13H2,1-3H3,(H,23,25)/t16-/m0/s1. The molecule has 0 aliphatic carbocycles. The molecule has 0 bridgehead atoms. The van der Waals surface area contributed by atoms with Gasteiger partial charge in [-0.15, -0.1) is 11.3 Å². The van der Waals surface area contributed by atoms with Crippen molar-refractivity contribution in [1.82, 2.24) is 9.62 Å². The van der Waals surface area contributed by atoms with E-state index < -0.39 is 10.0 Å². The summed E-state index contributed by atoms with van der Waals surface area (Å²) in [5, 5.41) is 4.82. The molecule has 0 saturated carbocycles. The number of ether oxygens (including phenoxy) is 2. The Hall–Kier alpha value is -2.10. The van der Waals surface area contributed by atoms with Gasteiger partial charge in [0, 0.05) is 19.0 Å². The summed E-state index contributed by atoms with van der Waals surface area (Å²) in [6, 6.07) is 8.84. The molecule has 1 aliphatic heterocycles. The first-order valence-corrected chi connectivity index (χ1v) is 12.9. The molecule has 31 heavy (non-hydrogen) atoms. The quantitative estimate of drug-likeness (QED) is 0.607. The van der Waals surface area contributed by atoms with Gasteiger partial charge in [0.25, 0.3) is 10.0 Å². The Kier molecular flexibility index (Phi) is 7.96. The molecule has 1 aromatic carbocycles. The second kappa shape index (κ2) is 10.5. The smallest absolute Gasteiger partial charge is 0.252 e. The topological polar surface area (TPSA) is 84.9 Å². The number of rotatable bonds is 9. The number of nitrogens with zero attached hydrogens (tertiary/aromatic N) is 1. The summed E-state index contributed by atoms with van der Waals surface area (Å²) in [4.78, 5) is 12.8. The van der Waals surface area contributed by atoms with Crippen LogP contribution in [0.1, 0.15) is 45.2 Å². The molecule has 1 fully saturated rings. The summed E-state index contributed by atoms with van der Waals surface area (Å²) in [6.07, 6.45) is 1.02. The third-order valence-corrected chi connectivity index (χ3v) is 8.61. The van der Waals surface area contributed by atoms with Crippen molar-refractivity contribution < 1.29 is 22.7 Å². The lowest BCUT2D eigenvalue weighted by Gasteiger charge is -2.30. The number of piperidine rings is 1. The molecule has 1 aliphatic rings. The highest BCUT2D eigenvalue weighted by Gasteiger charge is 2.33. The Morgan fingerprint density at radius 3 is 2.45 bits per heavy atom. The van der Waals surface area contributed by atoms with Gasteiger partial charge in [-0.2, -0.15) is 4.31 Å². The summed E-state index contributed by atoms with van der Waals surface area (Å²) in [6.45, 7) is 7.54. The summed E-state index contributed by atoms with van der Waals surface area (Å²) >= 11 is 1.22. The molecule has 9 heteroatoms. The fourth-order valence-electron chi connectivity index (χ4n) is 3.65. The molecule has 0 unspecified atom stereocenters. The van der Waals surface area contributed by atoms with Crippen LogP contribution in [0.25, 0.3) is 0 Å². The SMILES string of the molecule is CCOc1ccc([C@H](C)NC(=O)C2CCN(S(=O)(=O)c3cccs3)CC2)cc1OCC. The molecule has 170 valence electrons. The lowest BCUT2D eigenvalue weighted by molar-refractivity contribution is -0.126. The summed E-state index contributed by atoms with van der Waals surface area (Å²) in [7, 11) is -3.46. The van der Waals surface area contributed by atoms with Gasteiger partial charge < -0.3 is 14.8 Å². The van der Waals surface area contributed by atoms with Crippen LogP contribution in [0, 0.1) is 5.92 Å². The van der Waals surface area contributed by atoms with E-state index in [0.29, 0.717) is 54.9 Å². The van der Waals surface area contributed by atoms with E-state index in [1.807, 2.05) is 39.0 Å². The van der Waals surface area contributed by atoms with E-state index in [-0.39, 0.29) is 17.9 Å². The number of nitrogens with one attached hydrogen (secondary N) is 1. The van der Waals surface area contributed by atoms with Crippen molar-refractivity contribution in [2.45, 2.75) is 43.9 Å². The van der Waals surface area contributed by atoms with E-state index in [9.17, 15) is 13.2 Å². The van der Waals surface area contributed by atoms with Gasteiger partial charge in [0.15, 0.2) is 11.5 Å². The monoisotopic (exact) mass is 466 g/mol. The van der Waals surface area contributed by atoms with Gasteiger partial charge >= 0.3 is 0 Å².